The highest BCUT2D eigenvalue weighted by Gasteiger charge is 2.15. The van der Waals surface area contributed by atoms with Gasteiger partial charge in [0.2, 0.25) is 0 Å². The lowest BCUT2D eigenvalue weighted by Crippen LogP contribution is -2.08. The number of benzene rings is 1. The summed E-state index contributed by atoms with van der Waals surface area (Å²) in [4.78, 5) is 20.9. The maximum Gasteiger partial charge on any atom is 0.260 e. The topological polar surface area (TPSA) is 45.8 Å². The van der Waals surface area contributed by atoms with Crippen LogP contribution in [0, 0.1) is 19.7 Å². The highest BCUT2D eigenvalue weighted by Crippen LogP contribution is 2.35. The number of fused-ring (bicyclic) bond motifs is 1. The molecule has 0 aliphatic rings. The maximum atomic E-state index is 13.0. The molecule has 1 aromatic carbocycles. The molecule has 2 aromatic heterocycles. The number of halogens is 1. The Hall–Kier alpha value is -2.01. The minimum absolute atomic E-state index is 0.147. The SMILES string of the molecule is Cc1nc2sc(C)c(-c3ccc(F)cc3)c2c(=O)[nH]1. The smallest absolute Gasteiger partial charge is 0.260 e. The van der Waals surface area contributed by atoms with E-state index in [4.69, 9.17) is 0 Å². The van der Waals surface area contributed by atoms with Crippen LogP contribution in [0.2, 0.25) is 0 Å². The van der Waals surface area contributed by atoms with Crippen LogP contribution in [-0.2, 0) is 0 Å². The quantitative estimate of drug-likeness (QED) is 0.739. The zero-order valence-corrected chi connectivity index (χ0v) is 11.3. The molecular weight excluding hydrogens is 263 g/mol. The van der Waals surface area contributed by atoms with Crippen LogP contribution in [-0.4, -0.2) is 9.97 Å². The van der Waals surface area contributed by atoms with Gasteiger partial charge >= 0.3 is 0 Å². The molecule has 19 heavy (non-hydrogen) atoms. The summed E-state index contributed by atoms with van der Waals surface area (Å²) < 4.78 is 13.0. The molecule has 0 amide bonds. The van der Waals surface area contributed by atoms with Crippen LogP contribution in [0.1, 0.15) is 10.7 Å². The number of nitrogens with one attached hydrogen (secondary N) is 1. The van der Waals surface area contributed by atoms with Crippen molar-refractivity contribution < 1.29 is 4.39 Å². The van der Waals surface area contributed by atoms with E-state index in [0.717, 1.165) is 20.8 Å². The minimum atomic E-state index is -0.288. The average Bonchev–Trinajstić information content (AvgIpc) is 2.66. The lowest BCUT2D eigenvalue weighted by Gasteiger charge is -2.01. The number of aryl methyl sites for hydroxylation is 2. The zero-order chi connectivity index (χ0) is 13.6. The molecule has 5 heteroatoms. The van der Waals surface area contributed by atoms with Gasteiger partial charge in [-0.1, -0.05) is 12.1 Å². The highest BCUT2D eigenvalue weighted by atomic mass is 32.1. The second-order valence-electron chi connectivity index (χ2n) is 4.37. The summed E-state index contributed by atoms with van der Waals surface area (Å²) in [6.07, 6.45) is 0. The van der Waals surface area contributed by atoms with Crippen LogP contribution in [0.4, 0.5) is 4.39 Å². The van der Waals surface area contributed by atoms with Gasteiger partial charge in [-0.2, -0.15) is 0 Å². The molecule has 0 aliphatic carbocycles. The van der Waals surface area contributed by atoms with Crippen molar-refractivity contribution >= 4 is 21.6 Å². The molecule has 96 valence electrons. The molecule has 0 bridgehead atoms. The number of H-pyrrole nitrogens is 1. The molecule has 0 atom stereocenters. The standard InChI is InChI=1S/C14H11FN2OS/c1-7-11(9-3-5-10(15)6-4-9)12-13(18)16-8(2)17-14(12)19-7/h3-6H,1-2H3,(H,16,17,18). The van der Waals surface area contributed by atoms with E-state index >= 15 is 0 Å². The first kappa shape index (κ1) is 12.0. The molecule has 0 aliphatic heterocycles. The van der Waals surface area contributed by atoms with Crippen LogP contribution in [0.3, 0.4) is 0 Å². The molecule has 0 radical (unpaired) electrons. The molecule has 0 saturated heterocycles. The molecule has 3 aromatic rings. The van der Waals surface area contributed by atoms with E-state index in [1.165, 1.54) is 23.5 Å². The van der Waals surface area contributed by atoms with E-state index < -0.39 is 0 Å². The van der Waals surface area contributed by atoms with Gasteiger partial charge in [-0.3, -0.25) is 4.79 Å². The third-order valence-corrected chi connectivity index (χ3v) is 3.99. The molecule has 0 spiro atoms. The Balaban J connectivity index is 2.38. The molecule has 1 N–H and O–H groups in total. The number of thiophene rings is 1. The first-order chi connectivity index (χ1) is 9.06. The largest absolute Gasteiger partial charge is 0.310 e. The third kappa shape index (κ3) is 1.96. The van der Waals surface area contributed by atoms with Gasteiger partial charge in [0.25, 0.3) is 5.56 Å². The summed E-state index contributed by atoms with van der Waals surface area (Å²) in [5.74, 6) is 0.313. The van der Waals surface area contributed by atoms with Crippen LogP contribution in [0.5, 0.6) is 0 Å². The summed E-state index contributed by atoms with van der Waals surface area (Å²) in [7, 11) is 0. The Morgan fingerprint density at radius 2 is 1.89 bits per heavy atom. The van der Waals surface area contributed by atoms with Gasteiger partial charge in [0.15, 0.2) is 0 Å². The van der Waals surface area contributed by atoms with Gasteiger partial charge in [0, 0.05) is 10.4 Å². The summed E-state index contributed by atoms with van der Waals surface area (Å²) in [6, 6.07) is 6.16. The minimum Gasteiger partial charge on any atom is -0.310 e. The van der Waals surface area contributed by atoms with Crippen molar-refractivity contribution in [1.82, 2.24) is 9.97 Å². The number of aromatic nitrogens is 2. The molecule has 2 heterocycles. The van der Waals surface area contributed by atoms with Crippen LogP contribution in [0.15, 0.2) is 29.1 Å². The fourth-order valence-corrected chi connectivity index (χ4v) is 3.28. The van der Waals surface area contributed by atoms with E-state index in [1.807, 2.05) is 6.92 Å². The van der Waals surface area contributed by atoms with Gasteiger partial charge in [0.05, 0.1) is 5.39 Å². The fourth-order valence-electron chi connectivity index (χ4n) is 2.19. The van der Waals surface area contributed by atoms with Crippen LogP contribution in [0.25, 0.3) is 21.3 Å². The highest BCUT2D eigenvalue weighted by molar-refractivity contribution is 7.19. The number of rotatable bonds is 1. The van der Waals surface area contributed by atoms with E-state index in [0.29, 0.717) is 11.2 Å². The van der Waals surface area contributed by atoms with Crippen molar-refractivity contribution in [2.75, 3.05) is 0 Å². The van der Waals surface area contributed by atoms with Gasteiger partial charge in [-0.05, 0) is 31.5 Å². The van der Waals surface area contributed by atoms with Gasteiger partial charge in [-0.15, -0.1) is 11.3 Å². The summed E-state index contributed by atoms with van der Waals surface area (Å²) in [6.45, 7) is 3.70. The second kappa shape index (κ2) is 4.28. The fraction of sp³-hybridized carbons (Fsp3) is 0.143. The van der Waals surface area contributed by atoms with Gasteiger partial charge < -0.3 is 4.98 Å². The van der Waals surface area contributed by atoms with Crippen molar-refractivity contribution in [3.05, 3.63) is 51.1 Å². The van der Waals surface area contributed by atoms with Crippen molar-refractivity contribution in [3.63, 3.8) is 0 Å². The Labute approximate surface area is 112 Å². The lowest BCUT2D eigenvalue weighted by molar-refractivity contribution is 0.628. The first-order valence-electron chi connectivity index (χ1n) is 5.82. The normalized spacial score (nSPS) is 11.1. The van der Waals surface area contributed by atoms with Crippen molar-refractivity contribution in [3.8, 4) is 11.1 Å². The maximum absolute atomic E-state index is 13.0. The lowest BCUT2D eigenvalue weighted by atomic mass is 10.0. The van der Waals surface area contributed by atoms with Gasteiger partial charge in [0.1, 0.15) is 16.5 Å². The molecule has 3 nitrogen and oxygen atoms in total. The third-order valence-electron chi connectivity index (χ3n) is 2.99. The number of aromatic amines is 1. The molecule has 0 saturated carbocycles. The number of hydrogen-bond acceptors (Lipinski definition) is 3. The summed E-state index contributed by atoms with van der Waals surface area (Å²) >= 11 is 1.48. The molecule has 0 unspecified atom stereocenters. The Morgan fingerprint density at radius 1 is 1.21 bits per heavy atom. The van der Waals surface area contributed by atoms with Crippen molar-refractivity contribution in [1.29, 1.82) is 0 Å². The monoisotopic (exact) mass is 274 g/mol. The Kier molecular flexibility index (Phi) is 2.71. The Morgan fingerprint density at radius 3 is 2.58 bits per heavy atom. The van der Waals surface area contributed by atoms with Crippen molar-refractivity contribution in [2.24, 2.45) is 0 Å². The van der Waals surface area contributed by atoms with E-state index in [2.05, 4.69) is 9.97 Å². The predicted octanol–water partition coefficient (Wildman–Crippen LogP) is 3.41. The van der Waals surface area contributed by atoms with Crippen molar-refractivity contribution in [2.45, 2.75) is 13.8 Å². The predicted molar refractivity (Wildman–Crippen MR) is 75.1 cm³/mol. The zero-order valence-electron chi connectivity index (χ0n) is 10.5. The average molecular weight is 274 g/mol. The molecule has 3 rings (SSSR count). The van der Waals surface area contributed by atoms with Crippen LogP contribution >= 0.6 is 11.3 Å². The Bertz CT molecular complexity index is 818. The summed E-state index contributed by atoms with van der Waals surface area (Å²) in [5.41, 5.74) is 1.53. The van der Waals surface area contributed by atoms with Crippen LogP contribution < -0.4 is 5.56 Å². The van der Waals surface area contributed by atoms with E-state index in [1.54, 1.807) is 19.1 Å². The van der Waals surface area contributed by atoms with Gasteiger partial charge in [-0.25, -0.2) is 9.37 Å². The number of nitrogens with zero attached hydrogens (tertiary/aromatic N) is 1. The second-order valence-corrected chi connectivity index (χ2v) is 5.57. The molecular formula is C14H11FN2OS. The summed E-state index contributed by atoms with van der Waals surface area (Å²) in [5, 5.41) is 0.583. The number of hydrogen-bond donors (Lipinski definition) is 1. The molecule has 0 fully saturated rings. The first-order valence-corrected chi connectivity index (χ1v) is 6.64. The van der Waals surface area contributed by atoms with E-state index in [-0.39, 0.29) is 11.4 Å². The van der Waals surface area contributed by atoms with E-state index in [9.17, 15) is 9.18 Å².